The maximum atomic E-state index is 13.1. The molecule has 2 aromatic carbocycles. The molecule has 174 valence electrons. The zero-order valence-electron chi connectivity index (χ0n) is 18.6. The van der Waals surface area contributed by atoms with Gasteiger partial charge in [-0.1, -0.05) is 13.0 Å². The second kappa shape index (κ2) is 9.89. The van der Waals surface area contributed by atoms with Crippen molar-refractivity contribution >= 4 is 17.5 Å². The van der Waals surface area contributed by atoms with E-state index in [0.29, 0.717) is 34.7 Å². The van der Waals surface area contributed by atoms with E-state index in [-0.39, 0.29) is 23.9 Å². The molecule has 0 aliphatic heterocycles. The number of alkyl halides is 3. The van der Waals surface area contributed by atoms with Gasteiger partial charge in [-0.2, -0.15) is 18.3 Å². The van der Waals surface area contributed by atoms with Gasteiger partial charge in [0.1, 0.15) is 0 Å². The van der Waals surface area contributed by atoms with Gasteiger partial charge in [0.25, 0.3) is 5.91 Å². The van der Waals surface area contributed by atoms with Crippen molar-refractivity contribution < 1.29 is 22.8 Å². The van der Waals surface area contributed by atoms with Crippen molar-refractivity contribution in [2.24, 2.45) is 0 Å². The minimum Gasteiger partial charge on any atom is -0.352 e. The molecule has 33 heavy (non-hydrogen) atoms. The zero-order valence-corrected chi connectivity index (χ0v) is 18.6. The third kappa shape index (κ3) is 5.79. The molecule has 0 atom stereocenters. The molecule has 0 spiro atoms. The van der Waals surface area contributed by atoms with E-state index in [1.807, 2.05) is 6.92 Å². The first-order valence-electron chi connectivity index (χ1n) is 10.5. The van der Waals surface area contributed by atoms with Crippen LogP contribution in [0.2, 0.25) is 0 Å². The Morgan fingerprint density at radius 2 is 1.76 bits per heavy atom. The van der Waals surface area contributed by atoms with Gasteiger partial charge in [-0.25, -0.2) is 4.68 Å². The number of anilines is 1. The topological polar surface area (TPSA) is 76.0 Å². The molecule has 0 saturated carbocycles. The second-order valence-corrected chi connectivity index (χ2v) is 7.67. The fourth-order valence-electron chi connectivity index (χ4n) is 3.41. The largest absolute Gasteiger partial charge is 0.416 e. The van der Waals surface area contributed by atoms with E-state index in [0.717, 1.165) is 18.6 Å². The summed E-state index contributed by atoms with van der Waals surface area (Å²) in [6.07, 6.45) is -3.61. The van der Waals surface area contributed by atoms with E-state index in [4.69, 9.17) is 0 Å². The molecular weight excluding hydrogens is 433 g/mol. The number of aromatic nitrogens is 2. The van der Waals surface area contributed by atoms with Crippen molar-refractivity contribution in [2.75, 3.05) is 11.9 Å². The number of nitrogens with one attached hydrogen (secondary N) is 2. The van der Waals surface area contributed by atoms with Crippen LogP contribution >= 0.6 is 0 Å². The number of nitrogens with zero attached hydrogens (tertiary/aromatic N) is 2. The monoisotopic (exact) mass is 458 g/mol. The van der Waals surface area contributed by atoms with Crippen LogP contribution in [-0.2, 0) is 17.4 Å². The summed E-state index contributed by atoms with van der Waals surface area (Å²) >= 11 is 0. The SMILES string of the molecule is CCCNC(=O)c1ccc(NC(=O)Cc2c(C)nn(-c3cccc(C(F)(F)F)c3)c2C)cc1. The molecule has 0 aliphatic rings. The van der Waals surface area contributed by atoms with Gasteiger partial charge in [0.05, 0.1) is 23.4 Å². The molecule has 0 bridgehead atoms. The summed E-state index contributed by atoms with van der Waals surface area (Å²) in [4.78, 5) is 24.6. The number of carbonyl (C=O) groups is 2. The van der Waals surface area contributed by atoms with Crippen LogP contribution < -0.4 is 10.6 Å². The average molecular weight is 458 g/mol. The molecule has 1 aromatic heterocycles. The van der Waals surface area contributed by atoms with Gasteiger partial charge < -0.3 is 10.6 Å². The highest BCUT2D eigenvalue weighted by molar-refractivity contribution is 5.96. The standard InChI is InChI=1S/C24H25F3N4O2/c1-4-12-28-23(33)17-8-10-19(11-9-17)29-22(32)14-21-15(2)30-31(16(21)3)20-7-5-6-18(13-20)24(25,26)27/h5-11,13H,4,12,14H2,1-3H3,(H,28,33)(H,29,32). The molecule has 1 heterocycles. The minimum atomic E-state index is -4.46. The fourth-order valence-corrected chi connectivity index (χ4v) is 3.41. The quantitative estimate of drug-likeness (QED) is 0.533. The van der Waals surface area contributed by atoms with E-state index in [2.05, 4.69) is 15.7 Å². The van der Waals surface area contributed by atoms with Gasteiger partial charge in [0.2, 0.25) is 5.91 Å². The summed E-state index contributed by atoms with van der Waals surface area (Å²) < 4.78 is 40.6. The molecule has 0 unspecified atom stereocenters. The van der Waals surface area contributed by atoms with Crippen LogP contribution in [-0.4, -0.2) is 28.1 Å². The minimum absolute atomic E-state index is 0.00929. The van der Waals surface area contributed by atoms with E-state index < -0.39 is 11.7 Å². The normalized spacial score (nSPS) is 11.3. The number of aryl methyl sites for hydroxylation is 1. The predicted octanol–water partition coefficient (Wildman–Crippen LogP) is 4.83. The first kappa shape index (κ1) is 24.0. The Labute approximate surface area is 189 Å². The molecule has 0 radical (unpaired) electrons. The molecule has 0 aliphatic carbocycles. The van der Waals surface area contributed by atoms with E-state index in [1.54, 1.807) is 38.1 Å². The van der Waals surface area contributed by atoms with Gasteiger partial charge >= 0.3 is 6.18 Å². The fraction of sp³-hybridized carbons (Fsp3) is 0.292. The first-order chi connectivity index (χ1) is 15.6. The zero-order chi connectivity index (χ0) is 24.2. The predicted molar refractivity (Wildman–Crippen MR) is 119 cm³/mol. The van der Waals surface area contributed by atoms with Crippen LogP contribution in [0.15, 0.2) is 48.5 Å². The van der Waals surface area contributed by atoms with Crippen LogP contribution in [0.4, 0.5) is 18.9 Å². The highest BCUT2D eigenvalue weighted by Crippen LogP contribution is 2.31. The number of amides is 2. The van der Waals surface area contributed by atoms with Crippen molar-refractivity contribution in [1.29, 1.82) is 0 Å². The molecule has 2 N–H and O–H groups in total. The Bertz CT molecular complexity index is 1150. The number of rotatable bonds is 7. The van der Waals surface area contributed by atoms with Gasteiger partial charge in [-0.15, -0.1) is 0 Å². The number of halogens is 3. The molecule has 3 aromatic rings. The van der Waals surface area contributed by atoms with Crippen molar-refractivity contribution in [3.8, 4) is 5.69 Å². The summed E-state index contributed by atoms with van der Waals surface area (Å²) in [5.41, 5.74) is 2.32. The Kier molecular flexibility index (Phi) is 7.20. The van der Waals surface area contributed by atoms with Crippen molar-refractivity contribution in [2.45, 2.75) is 39.8 Å². The second-order valence-electron chi connectivity index (χ2n) is 7.67. The summed E-state index contributed by atoms with van der Waals surface area (Å²) in [6, 6.07) is 11.4. The van der Waals surface area contributed by atoms with Crippen LogP contribution in [0, 0.1) is 13.8 Å². The molecule has 6 nitrogen and oxygen atoms in total. The molecule has 2 amide bonds. The maximum Gasteiger partial charge on any atom is 0.416 e. The Morgan fingerprint density at radius 1 is 1.06 bits per heavy atom. The van der Waals surface area contributed by atoms with Crippen LogP contribution in [0.3, 0.4) is 0 Å². The number of carbonyl (C=O) groups excluding carboxylic acids is 2. The van der Waals surface area contributed by atoms with Gasteiger partial charge in [0, 0.05) is 29.1 Å². The molecule has 0 saturated heterocycles. The molecule has 9 heteroatoms. The summed E-state index contributed by atoms with van der Waals surface area (Å²) in [7, 11) is 0. The van der Waals surface area contributed by atoms with E-state index in [1.165, 1.54) is 16.8 Å². The smallest absolute Gasteiger partial charge is 0.352 e. The van der Waals surface area contributed by atoms with Crippen LogP contribution in [0.25, 0.3) is 5.69 Å². The third-order valence-corrected chi connectivity index (χ3v) is 5.16. The maximum absolute atomic E-state index is 13.1. The van der Waals surface area contributed by atoms with Gasteiger partial charge in [-0.3, -0.25) is 9.59 Å². The third-order valence-electron chi connectivity index (χ3n) is 5.16. The highest BCUT2D eigenvalue weighted by Gasteiger charge is 2.30. The van der Waals surface area contributed by atoms with Crippen LogP contribution in [0.5, 0.6) is 0 Å². The van der Waals surface area contributed by atoms with Crippen molar-refractivity contribution in [3.05, 3.63) is 76.6 Å². The lowest BCUT2D eigenvalue weighted by Crippen LogP contribution is -2.23. The number of benzene rings is 2. The molecule has 0 fully saturated rings. The van der Waals surface area contributed by atoms with E-state index >= 15 is 0 Å². The lowest BCUT2D eigenvalue weighted by Gasteiger charge is -2.10. The summed E-state index contributed by atoms with van der Waals surface area (Å²) in [5.74, 6) is -0.476. The van der Waals surface area contributed by atoms with Crippen molar-refractivity contribution in [3.63, 3.8) is 0 Å². The first-order valence-corrected chi connectivity index (χ1v) is 10.5. The van der Waals surface area contributed by atoms with Crippen LogP contribution in [0.1, 0.15) is 46.2 Å². The van der Waals surface area contributed by atoms with E-state index in [9.17, 15) is 22.8 Å². The summed E-state index contributed by atoms with van der Waals surface area (Å²) in [5, 5.41) is 9.90. The number of hydrogen-bond donors (Lipinski definition) is 2. The Morgan fingerprint density at radius 3 is 2.39 bits per heavy atom. The lowest BCUT2D eigenvalue weighted by molar-refractivity contribution is -0.137. The molecule has 3 rings (SSSR count). The average Bonchev–Trinajstić information content (AvgIpc) is 3.05. The van der Waals surface area contributed by atoms with Gasteiger partial charge in [-0.05, 0) is 62.7 Å². The van der Waals surface area contributed by atoms with Gasteiger partial charge in [0.15, 0.2) is 0 Å². The number of hydrogen-bond acceptors (Lipinski definition) is 3. The Balaban J connectivity index is 1.72. The van der Waals surface area contributed by atoms with Crippen molar-refractivity contribution in [1.82, 2.24) is 15.1 Å². The lowest BCUT2D eigenvalue weighted by atomic mass is 10.1. The summed E-state index contributed by atoms with van der Waals surface area (Å²) in [6.45, 7) is 5.98. The Hall–Kier alpha value is -3.62. The highest BCUT2D eigenvalue weighted by atomic mass is 19.4. The molecular formula is C24H25F3N4O2.